The molecule has 0 bridgehead atoms. The van der Waals surface area contributed by atoms with Crippen molar-refractivity contribution in [2.45, 2.75) is 6.92 Å². The number of benzene rings is 2. The number of Topliss-reactive ketones (excluding diaryl/α,β-unsaturated/α-hetero) is 1. The minimum absolute atomic E-state index is 0.118. The molecule has 0 fully saturated rings. The van der Waals surface area contributed by atoms with Gasteiger partial charge in [-0.15, -0.1) is 0 Å². The third-order valence-electron chi connectivity index (χ3n) is 2.58. The number of rotatable bonds is 2. The van der Waals surface area contributed by atoms with Gasteiger partial charge in [0.2, 0.25) is 0 Å². The van der Waals surface area contributed by atoms with Crippen molar-refractivity contribution in [3.8, 4) is 11.1 Å². The van der Waals surface area contributed by atoms with Crippen molar-refractivity contribution in [1.82, 2.24) is 0 Å². The smallest absolute Gasteiger partial charge is 0.160 e. The van der Waals surface area contributed by atoms with Crippen molar-refractivity contribution in [3.63, 3.8) is 0 Å². The summed E-state index contributed by atoms with van der Waals surface area (Å²) < 4.78 is 27.0. The van der Waals surface area contributed by atoms with Crippen LogP contribution >= 0.6 is 11.6 Å². The lowest BCUT2D eigenvalue weighted by Gasteiger charge is -2.09. The van der Waals surface area contributed by atoms with E-state index in [1.165, 1.54) is 37.3 Å². The Morgan fingerprint density at radius 1 is 1.06 bits per heavy atom. The van der Waals surface area contributed by atoms with Gasteiger partial charge in [0.1, 0.15) is 11.6 Å². The maximum absolute atomic E-state index is 13.7. The van der Waals surface area contributed by atoms with Crippen molar-refractivity contribution in [1.29, 1.82) is 0 Å². The van der Waals surface area contributed by atoms with Crippen LogP contribution in [0.4, 0.5) is 8.78 Å². The summed E-state index contributed by atoms with van der Waals surface area (Å²) in [6.45, 7) is 1.35. The Bertz CT molecular complexity index is 623. The van der Waals surface area contributed by atoms with E-state index in [1.54, 1.807) is 0 Å². The molecule has 0 radical (unpaired) electrons. The molecular weight excluding hydrogens is 258 g/mol. The number of ketones is 1. The van der Waals surface area contributed by atoms with Gasteiger partial charge < -0.3 is 0 Å². The van der Waals surface area contributed by atoms with Gasteiger partial charge >= 0.3 is 0 Å². The molecule has 0 N–H and O–H groups in total. The molecule has 0 heterocycles. The third-order valence-corrected chi connectivity index (χ3v) is 2.81. The van der Waals surface area contributed by atoms with Crippen LogP contribution in [0.5, 0.6) is 0 Å². The molecule has 0 amide bonds. The van der Waals surface area contributed by atoms with Crippen LogP contribution in [0.2, 0.25) is 5.02 Å². The highest BCUT2D eigenvalue weighted by Gasteiger charge is 2.14. The van der Waals surface area contributed by atoms with Gasteiger partial charge in [0.15, 0.2) is 5.78 Å². The Labute approximate surface area is 108 Å². The Hall–Kier alpha value is -1.74. The molecule has 0 unspecified atom stereocenters. The van der Waals surface area contributed by atoms with Crippen LogP contribution in [0.3, 0.4) is 0 Å². The highest BCUT2D eigenvalue weighted by atomic mass is 35.5. The summed E-state index contributed by atoms with van der Waals surface area (Å²) in [5.74, 6) is -1.34. The molecule has 0 aromatic heterocycles. The van der Waals surface area contributed by atoms with Gasteiger partial charge in [0, 0.05) is 16.1 Å². The van der Waals surface area contributed by atoms with Gasteiger partial charge in [0.25, 0.3) is 0 Å². The predicted octanol–water partition coefficient (Wildman–Crippen LogP) is 4.49. The van der Waals surface area contributed by atoms with E-state index in [0.717, 1.165) is 6.07 Å². The highest BCUT2D eigenvalue weighted by Crippen LogP contribution is 2.29. The quantitative estimate of drug-likeness (QED) is 0.732. The summed E-state index contributed by atoms with van der Waals surface area (Å²) in [5.41, 5.74) is 0.590. The van der Waals surface area contributed by atoms with Gasteiger partial charge in [-0.25, -0.2) is 8.78 Å². The zero-order valence-electron chi connectivity index (χ0n) is 9.51. The molecule has 0 aliphatic carbocycles. The second-order valence-corrected chi connectivity index (χ2v) is 4.31. The molecule has 92 valence electrons. The number of carbonyl (C=O) groups excluding carboxylic acids is 1. The third kappa shape index (κ3) is 2.41. The fraction of sp³-hybridized carbons (Fsp3) is 0.0714. The van der Waals surface area contributed by atoms with Crippen molar-refractivity contribution in [2.75, 3.05) is 0 Å². The monoisotopic (exact) mass is 266 g/mol. The molecular formula is C14H9ClF2O. The predicted molar refractivity (Wildman–Crippen MR) is 66.8 cm³/mol. The van der Waals surface area contributed by atoms with E-state index in [1.807, 2.05) is 0 Å². The van der Waals surface area contributed by atoms with Crippen LogP contribution in [0.1, 0.15) is 17.3 Å². The zero-order chi connectivity index (χ0) is 13.3. The van der Waals surface area contributed by atoms with E-state index < -0.39 is 11.6 Å². The second-order valence-electron chi connectivity index (χ2n) is 3.87. The fourth-order valence-electron chi connectivity index (χ4n) is 1.75. The van der Waals surface area contributed by atoms with Crippen LogP contribution < -0.4 is 0 Å². The Balaban J connectivity index is 2.73. The summed E-state index contributed by atoms with van der Waals surface area (Å²) in [5, 5.41) is 0.324. The zero-order valence-corrected chi connectivity index (χ0v) is 10.3. The first-order valence-electron chi connectivity index (χ1n) is 5.25. The van der Waals surface area contributed by atoms with E-state index in [2.05, 4.69) is 0 Å². The molecule has 0 aliphatic heterocycles. The van der Waals surface area contributed by atoms with E-state index >= 15 is 0 Å². The minimum Gasteiger partial charge on any atom is -0.294 e. The molecule has 0 spiro atoms. The second kappa shape index (κ2) is 4.86. The average Bonchev–Trinajstić information content (AvgIpc) is 2.31. The van der Waals surface area contributed by atoms with Crippen molar-refractivity contribution < 1.29 is 13.6 Å². The van der Waals surface area contributed by atoms with Gasteiger partial charge in [-0.1, -0.05) is 11.6 Å². The lowest BCUT2D eigenvalue weighted by molar-refractivity contribution is 0.101. The first kappa shape index (κ1) is 12.7. The maximum Gasteiger partial charge on any atom is 0.160 e. The van der Waals surface area contributed by atoms with Crippen molar-refractivity contribution in [3.05, 3.63) is 58.6 Å². The summed E-state index contributed by atoms with van der Waals surface area (Å²) in [7, 11) is 0. The summed E-state index contributed by atoms with van der Waals surface area (Å²) in [6.07, 6.45) is 0. The van der Waals surface area contributed by atoms with Gasteiger partial charge in [0.05, 0.1) is 0 Å². The summed E-state index contributed by atoms with van der Waals surface area (Å²) in [6, 6.07) is 7.60. The first-order valence-corrected chi connectivity index (χ1v) is 5.63. The molecule has 18 heavy (non-hydrogen) atoms. The topological polar surface area (TPSA) is 17.1 Å². The van der Waals surface area contributed by atoms with Crippen LogP contribution in [0.25, 0.3) is 11.1 Å². The van der Waals surface area contributed by atoms with E-state index in [9.17, 15) is 13.6 Å². The Kier molecular flexibility index (Phi) is 3.43. The van der Waals surface area contributed by atoms with Crippen molar-refractivity contribution in [2.24, 2.45) is 0 Å². The molecule has 4 heteroatoms. The van der Waals surface area contributed by atoms with E-state index in [0.29, 0.717) is 5.02 Å². The lowest BCUT2D eigenvalue weighted by Crippen LogP contribution is -1.98. The number of hydrogen-bond acceptors (Lipinski definition) is 1. The standard InChI is InChI=1S/C14H9ClF2O/c1-8(18)11-4-3-10(16)7-12(11)13-6-9(15)2-5-14(13)17/h2-7H,1H3. The highest BCUT2D eigenvalue weighted by molar-refractivity contribution is 6.30. The molecule has 2 aromatic carbocycles. The van der Waals surface area contributed by atoms with E-state index in [-0.39, 0.29) is 22.5 Å². The number of hydrogen-bond donors (Lipinski definition) is 0. The first-order chi connectivity index (χ1) is 8.49. The molecule has 2 aromatic rings. The molecule has 0 saturated heterocycles. The molecule has 0 atom stereocenters. The number of halogens is 3. The molecule has 0 saturated carbocycles. The molecule has 0 aliphatic rings. The Morgan fingerprint density at radius 3 is 2.44 bits per heavy atom. The lowest BCUT2D eigenvalue weighted by atomic mass is 9.97. The summed E-state index contributed by atoms with van der Waals surface area (Å²) >= 11 is 5.79. The Morgan fingerprint density at radius 2 is 1.78 bits per heavy atom. The van der Waals surface area contributed by atoms with Gasteiger partial charge in [-0.05, 0) is 48.9 Å². The van der Waals surface area contributed by atoms with Gasteiger partial charge in [-0.3, -0.25) is 4.79 Å². The van der Waals surface area contributed by atoms with E-state index in [4.69, 9.17) is 11.6 Å². The largest absolute Gasteiger partial charge is 0.294 e. The van der Waals surface area contributed by atoms with Crippen LogP contribution in [0, 0.1) is 11.6 Å². The minimum atomic E-state index is -0.549. The van der Waals surface area contributed by atoms with Crippen LogP contribution in [-0.4, -0.2) is 5.78 Å². The number of carbonyl (C=O) groups is 1. The van der Waals surface area contributed by atoms with Gasteiger partial charge in [-0.2, -0.15) is 0 Å². The molecule has 1 nitrogen and oxygen atoms in total. The summed E-state index contributed by atoms with van der Waals surface area (Å²) in [4.78, 5) is 11.5. The fourth-order valence-corrected chi connectivity index (χ4v) is 1.92. The van der Waals surface area contributed by atoms with Crippen LogP contribution in [-0.2, 0) is 0 Å². The van der Waals surface area contributed by atoms with Crippen molar-refractivity contribution >= 4 is 17.4 Å². The SMILES string of the molecule is CC(=O)c1ccc(F)cc1-c1cc(Cl)ccc1F. The maximum atomic E-state index is 13.7. The average molecular weight is 267 g/mol. The molecule has 2 rings (SSSR count). The normalized spacial score (nSPS) is 10.4. The van der Waals surface area contributed by atoms with Crippen LogP contribution in [0.15, 0.2) is 36.4 Å².